The number of thioether (sulfide) groups is 2. The number of nitrogens with zero attached hydrogens (tertiary/aromatic N) is 3. The molecule has 3 aromatic heterocycles. The van der Waals surface area contributed by atoms with Crippen LogP contribution in [0.2, 0.25) is 0 Å². The van der Waals surface area contributed by atoms with Gasteiger partial charge in [-0.1, -0.05) is 84.2 Å². The van der Waals surface area contributed by atoms with Crippen LogP contribution in [-0.4, -0.2) is 37.9 Å². The first-order valence-corrected chi connectivity index (χ1v) is 18.9. The number of hydrogen-bond donors (Lipinski definition) is 2. The highest BCUT2D eigenvalue weighted by atomic mass is 32.2. The number of carbonyl (C=O) groups excluding carboxylic acids is 2. The summed E-state index contributed by atoms with van der Waals surface area (Å²) in [4.78, 5) is 50.6. The minimum atomic E-state index is -0.241. The maximum atomic E-state index is 13.2. The molecule has 12 heteroatoms. The van der Waals surface area contributed by atoms with Gasteiger partial charge in [-0.2, -0.15) is 0 Å². The van der Waals surface area contributed by atoms with E-state index in [-0.39, 0.29) is 34.9 Å². The number of carbonyl (C=O) groups is 2. The molecule has 3 heterocycles. The Bertz CT molecular complexity index is 2100. The summed E-state index contributed by atoms with van der Waals surface area (Å²) in [6.07, 6.45) is 4.20. The van der Waals surface area contributed by atoms with Crippen molar-refractivity contribution in [3.8, 4) is 0 Å². The zero-order valence-corrected chi connectivity index (χ0v) is 28.8. The second-order valence-electron chi connectivity index (χ2n) is 11.3. The van der Waals surface area contributed by atoms with Gasteiger partial charge in [0.05, 0.1) is 33.2 Å². The minimum Gasteiger partial charge on any atom is -0.344 e. The Morgan fingerprint density at radius 2 is 1.57 bits per heavy atom. The van der Waals surface area contributed by atoms with E-state index in [9.17, 15) is 14.4 Å². The zero-order chi connectivity index (χ0) is 32.3. The molecule has 0 saturated heterocycles. The number of thiazole rings is 1. The smallest absolute Gasteiger partial charge is 0.262 e. The van der Waals surface area contributed by atoms with Crippen molar-refractivity contribution in [2.24, 2.45) is 7.05 Å². The molecule has 2 amide bonds. The van der Waals surface area contributed by atoms with Gasteiger partial charge in [0.15, 0.2) is 9.50 Å². The van der Waals surface area contributed by atoms with Gasteiger partial charge in [0.1, 0.15) is 4.83 Å². The SMILES string of the molecule is Cn1c(SCC(=O)Nc2ccc3nc(SCC(=O)NC(c4ccccc4)c4ccccc4)sc3c2)nc2sc3c(c2c1=O)CCCC3. The number of anilines is 1. The fourth-order valence-corrected chi connectivity index (χ4v) is 9.74. The van der Waals surface area contributed by atoms with E-state index in [4.69, 9.17) is 4.98 Å². The van der Waals surface area contributed by atoms with Crippen molar-refractivity contribution in [2.45, 2.75) is 41.2 Å². The molecule has 0 aliphatic heterocycles. The zero-order valence-electron chi connectivity index (χ0n) is 25.5. The average Bonchev–Trinajstić information content (AvgIpc) is 3.68. The maximum Gasteiger partial charge on any atom is 0.262 e. The summed E-state index contributed by atoms with van der Waals surface area (Å²) in [5.41, 5.74) is 4.65. The van der Waals surface area contributed by atoms with Crippen molar-refractivity contribution in [1.29, 1.82) is 0 Å². The number of hydrogen-bond acceptors (Lipinski definition) is 9. The second kappa shape index (κ2) is 14.0. The van der Waals surface area contributed by atoms with Gasteiger partial charge in [0.2, 0.25) is 11.8 Å². The molecule has 0 atom stereocenters. The summed E-state index contributed by atoms with van der Waals surface area (Å²) in [7, 11) is 1.73. The normalized spacial score (nSPS) is 12.8. The first-order chi connectivity index (χ1) is 22.9. The lowest BCUT2D eigenvalue weighted by molar-refractivity contribution is -0.119. The molecule has 0 bridgehead atoms. The molecule has 8 nitrogen and oxygen atoms in total. The molecule has 7 rings (SSSR count). The fraction of sp³-hybridized carbons (Fsp3) is 0.229. The standard InChI is InChI=1S/C35H31N5O3S4/c1-40-33(43)30-24-14-8-9-15-26(24)46-32(30)39-34(40)44-19-28(41)36-23-16-17-25-27(18-23)47-35(37-25)45-20-29(42)38-31(21-10-4-2-5-11-21)22-12-6-3-7-13-22/h2-7,10-13,16-18,31H,8-9,14-15,19-20H2,1H3,(H,36,41)(H,38,42). The topological polar surface area (TPSA) is 106 Å². The molecule has 0 fully saturated rings. The lowest BCUT2D eigenvalue weighted by atomic mass is 9.97. The van der Waals surface area contributed by atoms with Gasteiger partial charge in [-0.05, 0) is 60.6 Å². The molecule has 0 saturated carbocycles. The molecule has 3 aromatic carbocycles. The minimum absolute atomic E-state index is 0.0358. The third-order valence-electron chi connectivity index (χ3n) is 8.04. The predicted octanol–water partition coefficient (Wildman–Crippen LogP) is 7.21. The first kappa shape index (κ1) is 31.6. The highest BCUT2D eigenvalue weighted by Crippen LogP contribution is 2.35. The van der Waals surface area contributed by atoms with Crippen LogP contribution in [0.3, 0.4) is 0 Å². The van der Waals surface area contributed by atoms with Crippen LogP contribution in [0.5, 0.6) is 0 Å². The summed E-state index contributed by atoms with van der Waals surface area (Å²) in [6.45, 7) is 0. The molecule has 238 valence electrons. The molecule has 1 aliphatic carbocycles. The number of thiophene rings is 1. The third kappa shape index (κ3) is 7.01. The molecule has 6 aromatic rings. The lowest BCUT2D eigenvalue weighted by Gasteiger charge is -2.19. The molecule has 0 radical (unpaired) electrons. The number of rotatable bonds is 10. The van der Waals surface area contributed by atoms with E-state index >= 15 is 0 Å². The first-order valence-electron chi connectivity index (χ1n) is 15.3. The molecule has 0 spiro atoms. The van der Waals surface area contributed by atoms with Gasteiger partial charge < -0.3 is 10.6 Å². The molecule has 0 unspecified atom stereocenters. The quantitative estimate of drug-likeness (QED) is 0.115. The molecule has 2 N–H and O–H groups in total. The van der Waals surface area contributed by atoms with Crippen molar-refractivity contribution in [2.75, 3.05) is 16.8 Å². The number of aromatic nitrogens is 3. The van der Waals surface area contributed by atoms with Gasteiger partial charge >= 0.3 is 0 Å². The highest BCUT2D eigenvalue weighted by molar-refractivity contribution is 8.01. The Hall–Kier alpha value is -3.97. The Labute approximate surface area is 288 Å². The number of amides is 2. The van der Waals surface area contributed by atoms with E-state index in [2.05, 4.69) is 15.6 Å². The Balaban J connectivity index is 0.967. The van der Waals surface area contributed by atoms with Crippen molar-refractivity contribution in [3.05, 3.63) is 111 Å². The maximum absolute atomic E-state index is 13.2. The summed E-state index contributed by atoms with van der Waals surface area (Å²) < 4.78 is 3.26. The summed E-state index contributed by atoms with van der Waals surface area (Å²) in [5.74, 6) is 0.0900. The second-order valence-corrected chi connectivity index (χ2v) is 15.5. The van der Waals surface area contributed by atoms with Crippen molar-refractivity contribution < 1.29 is 9.59 Å². The Kier molecular flexibility index (Phi) is 9.44. The van der Waals surface area contributed by atoms with Crippen LogP contribution in [0, 0.1) is 0 Å². The summed E-state index contributed by atoms with van der Waals surface area (Å²) >= 11 is 5.76. The number of nitrogens with one attached hydrogen (secondary N) is 2. The van der Waals surface area contributed by atoms with E-state index in [1.54, 1.807) is 23.0 Å². The molecule has 1 aliphatic rings. The monoisotopic (exact) mass is 697 g/mol. The van der Waals surface area contributed by atoms with E-state index in [1.165, 1.54) is 45.3 Å². The summed E-state index contributed by atoms with van der Waals surface area (Å²) in [5, 5.41) is 7.43. The van der Waals surface area contributed by atoms with Gasteiger partial charge in [0, 0.05) is 17.6 Å². The predicted molar refractivity (Wildman–Crippen MR) is 194 cm³/mol. The van der Waals surface area contributed by atoms with E-state index in [1.807, 2.05) is 78.9 Å². The van der Waals surface area contributed by atoms with E-state index < -0.39 is 0 Å². The van der Waals surface area contributed by atoms with Crippen LogP contribution in [-0.2, 0) is 29.5 Å². The number of aryl methyl sites for hydroxylation is 2. The number of fused-ring (bicyclic) bond motifs is 4. The largest absolute Gasteiger partial charge is 0.344 e. The van der Waals surface area contributed by atoms with Gasteiger partial charge in [-0.15, -0.1) is 22.7 Å². The van der Waals surface area contributed by atoms with Gasteiger partial charge in [-0.25, -0.2) is 9.97 Å². The van der Waals surface area contributed by atoms with Crippen molar-refractivity contribution >= 4 is 84.1 Å². The molecular formula is C35H31N5O3S4. The van der Waals surface area contributed by atoms with Gasteiger partial charge in [-0.3, -0.25) is 19.0 Å². The third-order valence-corrected chi connectivity index (χ3v) is 12.4. The van der Waals surface area contributed by atoms with Crippen LogP contribution < -0.4 is 16.2 Å². The number of benzene rings is 3. The van der Waals surface area contributed by atoms with Crippen molar-refractivity contribution in [3.63, 3.8) is 0 Å². The average molecular weight is 698 g/mol. The van der Waals surface area contributed by atoms with Crippen LogP contribution in [0.4, 0.5) is 5.69 Å². The van der Waals surface area contributed by atoms with Crippen LogP contribution in [0.25, 0.3) is 20.4 Å². The Morgan fingerprint density at radius 3 is 2.32 bits per heavy atom. The lowest BCUT2D eigenvalue weighted by Crippen LogP contribution is -2.30. The Morgan fingerprint density at radius 1 is 0.872 bits per heavy atom. The summed E-state index contributed by atoms with van der Waals surface area (Å²) in [6, 6.07) is 25.2. The van der Waals surface area contributed by atoms with Crippen molar-refractivity contribution in [1.82, 2.24) is 19.9 Å². The molecule has 47 heavy (non-hydrogen) atoms. The van der Waals surface area contributed by atoms with E-state index in [0.29, 0.717) is 10.8 Å². The highest BCUT2D eigenvalue weighted by Gasteiger charge is 2.22. The van der Waals surface area contributed by atoms with Crippen LogP contribution in [0.1, 0.15) is 40.5 Å². The van der Waals surface area contributed by atoms with Crippen LogP contribution in [0.15, 0.2) is 93.2 Å². The van der Waals surface area contributed by atoms with Gasteiger partial charge in [0.25, 0.3) is 5.56 Å². The molecular weight excluding hydrogens is 667 g/mol. The van der Waals surface area contributed by atoms with Crippen LogP contribution >= 0.6 is 46.2 Å². The fourth-order valence-electron chi connectivity index (χ4n) is 5.75. The van der Waals surface area contributed by atoms with E-state index in [0.717, 1.165) is 61.6 Å².